The number of carbonyl (C=O) groups is 1. The maximum Gasteiger partial charge on any atom is 0.333 e. The molecular formula is C22H42O3. The number of carbonyl (C=O) groups excluding carboxylic acids is 1. The highest BCUT2D eigenvalue weighted by Gasteiger charge is 2.01. The van der Waals surface area contributed by atoms with E-state index in [-0.39, 0.29) is 5.97 Å². The molecule has 0 aliphatic rings. The highest BCUT2D eigenvalue weighted by atomic mass is 16.6. The first-order valence-corrected chi connectivity index (χ1v) is 10.6. The summed E-state index contributed by atoms with van der Waals surface area (Å²) < 4.78 is 10.4. The van der Waals surface area contributed by atoms with Crippen LogP contribution >= 0.6 is 0 Å². The topological polar surface area (TPSA) is 35.5 Å². The molecule has 0 spiro atoms. The third kappa shape index (κ3) is 19.3. The molecule has 3 heteroatoms. The van der Waals surface area contributed by atoms with Gasteiger partial charge in [0.1, 0.15) is 6.61 Å². The molecule has 0 fully saturated rings. The van der Waals surface area contributed by atoms with E-state index < -0.39 is 0 Å². The van der Waals surface area contributed by atoms with Crippen molar-refractivity contribution < 1.29 is 14.3 Å². The Labute approximate surface area is 156 Å². The van der Waals surface area contributed by atoms with E-state index in [1.165, 1.54) is 83.5 Å². The first kappa shape index (κ1) is 24.2. The van der Waals surface area contributed by atoms with Gasteiger partial charge in [0.25, 0.3) is 0 Å². The average molecular weight is 355 g/mol. The van der Waals surface area contributed by atoms with Crippen molar-refractivity contribution in [2.75, 3.05) is 19.8 Å². The quantitative estimate of drug-likeness (QED) is 0.149. The Morgan fingerprint density at radius 3 is 1.56 bits per heavy atom. The lowest BCUT2D eigenvalue weighted by molar-refractivity contribution is -0.140. The number of rotatable bonds is 19. The highest BCUT2D eigenvalue weighted by molar-refractivity contribution is 5.86. The standard InChI is InChI=1S/C22H42O3/c1-4-5-6-7-8-9-10-11-12-13-14-15-16-17-18-24-19-20-25-22(23)21(2)3/h2,4-20H2,1,3H3. The molecule has 148 valence electrons. The van der Waals surface area contributed by atoms with Gasteiger partial charge in [0.2, 0.25) is 0 Å². The van der Waals surface area contributed by atoms with Crippen LogP contribution in [0.4, 0.5) is 0 Å². The lowest BCUT2D eigenvalue weighted by Gasteiger charge is -2.06. The Balaban J connectivity index is 3.05. The molecule has 0 aromatic rings. The van der Waals surface area contributed by atoms with Crippen molar-refractivity contribution in [3.8, 4) is 0 Å². The molecule has 0 bridgehead atoms. The van der Waals surface area contributed by atoms with Gasteiger partial charge in [-0.15, -0.1) is 0 Å². The normalized spacial score (nSPS) is 10.8. The second kappa shape index (κ2) is 19.5. The first-order valence-electron chi connectivity index (χ1n) is 10.6. The van der Waals surface area contributed by atoms with Crippen molar-refractivity contribution in [1.82, 2.24) is 0 Å². The molecule has 0 aromatic heterocycles. The molecule has 0 aromatic carbocycles. The van der Waals surface area contributed by atoms with Crippen LogP contribution in [0.15, 0.2) is 12.2 Å². The van der Waals surface area contributed by atoms with Crippen LogP contribution in [0.25, 0.3) is 0 Å². The lowest BCUT2D eigenvalue weighted by atomic mass is 10.0. The number of hydrogen-bond donors (Lipinski definition) is 0. The number of esters is 1. The molecule has 0 saturated heterocycles. The van der Waals surface area contributed by atoms with Crippen LogP contribution in [-0.2, 0) is 14.3 Å². The molecule has 25 heavy (non-hydrogen) atoms. The Morgan fingerprint density at radius 2 is 1.12 bits per heavy atom. The predicted octanol–water partition coefficient (Wildman–Crippen LogP) is 6.60. The van der Waals surface area contributed by atoms with Gasteiger partial charge in [-0.2, -0.15) is 0 Å². The minimum Gasteiger partial charge on any atom is -0.460 e. The number of ether oxygens (including phenoxy) is 2. The third-order valence-electron chi connectivity index (χ3n) is 4.45. The minimum atomic E-state index is -0.333. The van der Waals surface area contributed by atoms with Crippen LogP contribution in [0.2, 0.25) is 0 Å². The Morgan fingerprint density at radius 1 is 0.680 bits per heavy atom. The molecule has 0 amide bonds. The molecule has 0 unspecified atom stereocenters. The van der Waals surface area contributed by atoms with Gasteiger partial charge in [-0.05, 0) is 13.3 Å². The predicted molar refractivity (Wildman–Crippen MR) is 107 cm³/mol. The summed E-state index contributed by atoms with van der Waals surface area (Å²) in [6.07, 6.45) is 19.1. The van der Waals surface area contributed by atoms with Crippen molar-refractivity contribution in [1.29, 1.82) is 0 Å². The second-order valence-corrected chi connectivity index (χ2v) is 7.12. The molecule has 0 atom stereocenters. The summed E-state index contributed by atoms with van der Waals surface area (Å²) in [6.45, 7) is 9.04. The van der Waals surface area contributed by atoms with E-state index in [1.807, 2.05) is 0 Å². The van der Waals surface area contributed by atoms with Crippen molar-refractivity contribution in [2.24, 2.45) is 0 Å². The molecule has 0 aliphatic heterocycles. The fourth-order valence-corrected chi connectivity index (χ4v) is 2.82. The molecule has 3 nitrogen and oxygen atoms in total. The molecule has 0 aliphatic carbocycles. The van der Waals surface area contributed by atoms with E-state index >= 15 is 0 Å². The van der Waals surface area contributed by atoms with Crippen molar-refractivity contribution in [3.63, 3.8) is 0 Å². The van der Waals surface area contributed by atoms with Gasteiger partial charge >= 0.3 is 5.97 Å². The van der Waals surface area contributed by atoms with Crippen LogP contribution in [-0.4, -0.2) is 25.8 Å². The summed E-state index contributed by atoms with van der Waals surface area (Å²) >= 11 is 0. The van der Waals surface area contributed by atoms with E-state index in [0.29, 0.717) is 18.8 Å². The van der Waals surface area contributed by atoms with Crippen LogP contribution in [0.3, 0.4) is 0 Å². The zero-order chi connectivity index (χ0) is 18.6. The van der Waals surface area contributed by atoms with Gasteiger partial charge in [0.05, 0.1) is 6.61 Å². The van der Waals surface area contributed by atoms with E-state index in [4.69, 9.17) is 9.47 Å². The SMILES string of the molecule is C=C(C)C(=O)OCCOCCCCCCCCCCCCCCCC. The van der Waals surface area contributed by atoms with Crippen LogP contribution in [0.1, 0.15) is 104 Å². The van der Waals surface area contributed by atoms with Gasteiger partial charge < -0.3 is 9.47 Å². The zero-order valence-corrected chi connectivity index (χ0v) is 17.0. The summed E-state index contributed by atoms with van der Waals surface area (Å²) in [4.78, 5) is 11.1. The Bertz CT molecular complexity index is 312. The fraction of sp³-hybridized carbons (Fsp3) is 0.864. The first-order chi connectivity index (χ1) is 12.2. The summed E-state index contributed by atoms with van der Waals surface area (Å²) in [6, 6.07) is 0. The molecule has 0 radical (unpaired) electrons. The smallest absolute Gasteiger partial charge is 0.333 e. The van der Waals surface area contributed by atoms with Gasteiger partial charge in [-0.3, -0.25) is 0 Å². The highest BCUT2D eigenvalue weighted by Crippen LogP contribution is 2.12. The van der Waals surface area contributed by atoms with E-state index in [9.17, 15) is 4.79 Å². The maximum atomic E-state index is 11.1. The van der Waals surface area contributed by atoms with Gasteiger partial charge in [0, 0.05) is 12.2 Å². The molecule has 0 rings (SSSR count). The van der Waals surface area contributed by atoms with Gasteiger partial charge in [-0.1, -0.05) is 97.0 Å². The van der Waals surface area contributed by atoms with E-state index in [1.54, 1.807) is 6.92 Å². The van der Waals surface area contributed by atoms with Gasteiger partial charge in [0.15, 0.2) is 0 Å². The number of hydrogen-bond acceptors (Lipinski definition) is 3. The Kier molecular flexibility index (Phi) is 18.8. The third-order valence-corrected chi connectivity index (χ3v) is 4.45. The number of unbranched alkanes of at least 4 members (excludes halogenated alkanes) is 13. The average Bonchev–Trinajstić information content (AvgIpc) is 2.60. The van der Waals surface area contributed by atoms with Crippen LogP contribution < -0.4 is 0 Å². The summed E-state index contributed by atoms with van der Waals surface area (Å²) in [5.41, 5.74) is 0.437. The van der Waals surface area contributed by atoms with Crippen LogP contribution in [0, 0.1) is 0 Å². The van der Waals surface area contributed by atoms with Crippen molar-refractivity contribution in [2.45, 2.75) is 104 Å². The maximum absolute atomic E-state index is 11.1. The second-order valence-electron chi connectivity index (χ2n) is 7.12. The van der Waals surface area contributed by atoms with E-state index in [0.717, 1.165) is 13.0 Å². The van der Waals surface area contributed by atoms with Crippen LogP contribution in [0.5, 0.6) is 0 Å². The molecule has 0 N–H and O–H groups in total. The summed E-state index contributed by atoms with van der Waals surface area (Å²) in [5, 5.41) is 0. The molecule has 0 saturated carbocycles. The zero-order valence-electron chi connectivity index (χ0n) is 17.0. The summed E-state index contributed by atoms with van der Waals surface area (Å²) in [7, 11) is 0. The van der Waals surface area contributed by atoms with Crippen molar-refractivity contribution in [3.05, 3.63) is 12.2 Å². The van der Waals surface area contributed by atoms with E-state index in [2.05, 4.69) is 13.5 Å². The van der Waals surface area contributed by atoms with Gasteiger partial charge in [-0.25, -0.2) is 4.79 Å². The summed E-state index contributed by atoms with van der Waals surface area (Å²) in [5.74, 6) is -0.333. The fourth-order valence-electron chi connectivity index (χ4n) is 2.82. The molecular weight excluding hydrogens is 312 g/mol. The Hall–Kier alpha value is -0.830. The minimum absolute atomic E-state index is 0.324. The molecule has 0 heterocycles. The largest absolute Gasteiger partial charge is 0.460 e. The van der Waals surface area contributed by atoms with Crippen molar-refractivity contribution >= 4 is 5.97 Å². The lowest BCUT2D eigenvalue weighted by Crippen LogP contribution is -2.11. The monoisotopic (exact) mass is 354 g/mol.